The van der Waals surface area contributed by atoms with E-state index in [1.54, 1.807) is 0 Å². The van der Waals surface area contributed by atoms with Crippen molar-refractivity contribution >= 4 is 34.8 Å². The van der Waals surface area contributed by atoms with Gasteiger partial charge in [-0.05, 0) is 12.1 Å². The van der Waals surface area contributed by atoms with Crippen LogP contribution in [0, 0.1) is 0 Å². The van der Waals surface area contributed by atoms with Crippen LogP contribution >= 0.6 is 34.8 Å². The van der Waals surface area contributed by atoms with Gasteiger partial charge in [-0.3, -0.25) is 4.57 Å². The van der Waals surface area contributed by atoms with Gasteiger partial charge in [0, 0.05) is 7.05 Å². The SMILES string of the molecule is Cn1c(C(F)(F)F)nn(-c2cc(Cl)c(Cl)c(Cl)c2)c1=O. The van der Waals surface area contributed by atoms with Gasteiger partial charge in [-0.1, -0.05) is 34.8 Å². The summed E-state index contributed by atoms with van der Waals surface area (Å²) in [5.41, 5.74) is -0.993. The Balaban J connectivity index is 2.69. The Morgan fingerprint density at radius 2 is 1.65 bits per heavy atom. The molecule has 1 aromatic carbocycles. The Morgan fingerprint density at radius 1 is 1.15 bits per heavy atom. The van der Waals surface area contributed by atoms with Crippen molar-refractivity contribution in [2.75, 3.05) is 0 Å². The van der Waals surface area contributed by atoms with Crippen LogP contribution in [0.15, 0.2) is 16.9 Å². The third-order valence-electron chi connectivity index (χ3n) is 2.45. The Kier molecular flexibility index (Phi) is 3.79. The maximum absolute atomic E-state index is 12.7. The summed E-state index contributed by atoms with van der Waals surface area (Å²) < 4.78 is 39.0. The highest BCUT2D eigenvalue weighted by molar-refractivity contribution is 6.48. The summed E-state index contributed by atoms with van der Waals surface area (Å²) in [6, 6.07) is 2.40. The molecular weight excluding hydrogens is 341 g/mol. The van der Waals surface area contributed by atoms with Gasteiger partial charge in [0.1, 0.15) is 0 Å². The molecule has 0 radical (unpaired) electrons. The molecule has 20 heavy (non-hydrogen) atoms. The lowest BCUT2D eigenvalue weighted by atomic mass is 10.3. The number of halogens is 6. The largest absolute Gasteiger partial charge is 0.451 e. The van der Waals surface area contributed by atoms with Crippen LogP contribution in [0.25, 0.3) is 5.69 Å². The molecule has 1 heterocycles. The first-order valence-electron chi connectivity index (χ1n) is 5.01. The third-order valence-corrected chi connectivity index (χ3v) is 3.64. The van der Waals surface area contributed by atoms with Crippen molar-refractivity contribution in [2.24, 2.45) is 7.05 Å². The molecule has 0 amide bonds. The summed E-state index contributed by atoms with van der Waals surface area (Å²) in [6.45, 7) is 0. The zero-order chi connectivity index (χ0) is 15.2. The molecule has 10 heteroatoms. The molecule has 0 aliphatic rings. The fourth-order valence-electron chi connectivity index (χ4n) is 1.52. The Bertz CT molecular complexity index is 713. The van der Waals surface area contributed by atoms with Gasteiger partial charge in [0.15, 0.2) is 0 Å². The van der Waals surface area contributed by atoms with E-state index >= 15 is 0 Å². The first kappa shape index (κ1) is 15.2. The van der Waals surface area contributed by atoms with E-state index in [9.17, 15) is 18.0 Å². The fourth-order valence-corrected chi connectivity index (χ4v) is 2.10. The van der Waals surface area contributed by atoms with Gasteiger partial charge in [-0.15, -0.1) is 5.10 Å². The van der Waals surface area contributed by atoms with Gasteiger partial charge in [0.25, 0.3) is 0 Å². The minimum Gasteiger partial charge on any atom is -0.274 e. The molecule has 0 aliphatic heterocycles. The van der Waals surface area contributed by atoms with E-state index in [0.29, 0.717) is 9.25 Å². The summed E-state index contributed by atoms with van der Waals surface area (Å²) >= 11 is 17.3. The van der Waals surface area contributed by atoms with Crippen LogP contribution in [-0.4, -0.2) is 14.3 Å². The van der Waals surface area contributed by atoms with Crippen LogP contribution in [0.3, 0.4) is 0 Å². The maximum Gasteiger partial charge on any atom is 0.451 e. The molecule has 1 aromatic heterocycles. The molecule has 0 N–H and O–H groups in total. The van der Waals surface area contributed by atoms with E-state index in [0.717, 1.165) is 7.05 Å². The molecule has 2 rings (SSSR count). The highest BCUT2D eigenvalue weighted by atomic mass is 35.5. The van der Waals surface area contributed by atoms with Gasteiger partial charge in [0.2, 0.25) is 5.82 Å². The van der Waals surface area contributed by atoms with E-state index in [1.165, 1.54) is 12.1 Å². The summed E-state index contributed by atoms with van der Waals surface area (Å²) in [7, 11) is 0.966. The molecule has 0 saturated heterocycles. The quantitative estimate of drug-likeness (QED) is 0.741. The van der Waals surface area contributed by atoms with Crippen molar-refractivity contribution in [3.63, 3.8) is 0 Å². The maximum atomic E-state index is 12.7. The van der Waals surface area contributed by atoms with Gasteiger partial charge < -0.3 is 0 Å². The molecule has 0 saturated carbocycles. The summed E-state index contributed by atoms with van der Waals surface area (Å²) in [6.07, 6.45) is -4.75. The second-order valence-electron chi connectivity index (χ2n) is 3.80. The zero-order valence-electron chi connectivity index (χ0n) is 9.67. The van der Waals surface area contributed by atoms with Crippen LogP contribution in [0.1, 0.15) is 5.82 Å². The lowest BCUT2D eigenvalue weighted by Crippen LogP contribution is -2.23. The normalized spacial score (nSPS) is 11.9. The topological polar surface area (TPSA) is 39.8 Å². The second kappa shape index (κ2) is 4.98. The zero-order valence-corrected chi connectivity index (χ0v) is 11.9. The summed E-state index contributed by atoms with van der Waals surface area (Å²) in [5, 5.41) is 3.28. The average Bonchev–Trinajstić information content (AvgIpc) is 2.62. The lowest BCUT2D eigenvalue weighted by Gasteiger charge is -2.04. The standard InChI is InChI=1S/C10H5Cl3F3N3O/c1-18-8(10(14,15)16)17-19(9(18)20)4-2-5(11)7(13)6(12)3-4/h2-3H,1H3. The molecular formula is C10H5Cl3F3N3O. The fraction of sp³-hybridized carbons (Fsp3) is 0.200. The van der Waals surface area contributed by atoms with Gasteiger partial charge in [0.05, 0.1) is 20.8 Å². The number of nitrogens with zero attached hydrogens (tertiary/aromatic N) is 3. The highest BCUT2D eigenvalue weighted by Crippen LogP contribution is 2.32. The minimum atomic E-state index is -4.75. The van der Waals surface area contributed by atoms with Gasteiger partial charge in [-0.2, -0.15) is 17.9 Å². The van der Waals surface area contributed by atoms with Gasteiger partial charge >= 0.3 is 11.9 Å². The smallest absolute Gasteiger partial charge is 0.274 e. The van der Waals surface area contributed by atoms with Crippen LogP contribution in [-0.2, 0) is 13.2 Å². The first-order chi connectivity index (χ1) is 9.12. The number of alkyl halides is 3. The molecule has 108 valence electrons. The van der Waals surface area contributed by atoms with Crippen molar-refractivity contribution in [3.05, 3.63) is 43.5 Å². The molecule has 0 unspecified atom stereocenters. The van der Waals surface area contributed by atoms with Crippen molar-refractivity contribution in [2.45, 2.75) is 6.18 Å². The van der Waals surface area contributed by atoms with Crippen molar-refractivity contribution in [3.8, 4) is 5.69 Å². The predicted octanol–water partition coefficient (Wildman–Crippen LogP) is 3.55. The highest BCUT2D eigenvalue weighted by Gasteiger charge is 2.38. The molecule has 4 nitrogen and oxygen atoms in total. The lowest BCUT2D eigenvalue weighted by molar-refractivity contribution is -0.147. The third kappa shape index (κ3) is 2.53. The number of rotatable bonds is 1. The van der Waals surface area contributed by atoms with Crippen LogP contribution in [0.5, 0.6) is 0 Å². The Morgan fingerprint density at radius 3 is 2.05 bits per heavy atom. The Labute approximate surface area is 125 Å². The molecule has 0 fully saturated rings. The Hall–Kier alpha value is -1.18. The monoisotopic (exact) mass is 345 g/mol. The summed E-state index contributed by atoms with van der Waals surface area (Å²) in [5.74, 6) is -1.33. The van der Waals surface area contributed by atoms with Crippen molar-refractivity contribution in [1.82, 2.24) is 14.3 Å². The number of benzene rings is 1. The van der Waals surface area contributed by atoms with Gasteiger partial charge in [-0.25, -0.2) is 4.79 Å². The first-order valence-corrected chi connectivity index (χ1v) is 6.14. The number of aromatic nitrogens is 3. The second-order valence-corrected chi connectivity index (χ2v) is 4.99. The molecule has 0 aliphatic carbocycles. The van der Waals surface area contributed by atoms with E-state index in [1.807, 2.05) is 0 Å². The van der Waals surface area contributed by atoms with Crippen LogP contribution in [0.4, 0.5) is 13.2 Å². The van der Waals surface area contributed by atoms with E-state index in [4.69, 9.17) is 34.8 Å². The molecule has 0 spiro atoms. The van der Waals surface area contributed by atoms with Crippen molar-refractivity contribution in [1.29, 1.82) is 0 Å². The number of hydrogen-bond acceptors (Lipinski definition) is 2. The summed E-state index contributed by atoms with van der Waals surface area (Å²) in [4.78, 5) is 11.8. The number of hydrogen-bond donors (Lipinski definition) is 0. The molecule has 0 bridgehead atoms. The predicted molar refractivity (Wildman–Crippen MR) is 68.8 cm³/mol. The van der Waals surface area contributed by atoms with E-state index in [2.05, 4.69) is 5.10 Å². The minimum absolute atomic E-state index is 0.000258. The van der Waals surface area contributed by atoms with E-state index < -0.39 is 17.7 Å². The molecule has 0 atom stereocenters. The molecule has 2 aromatic rings. The average molecular weight is 347 g/mol. The van der Waals surface area contributed by atoms with Crippen LogP contribution < -0.4 is 5.69 Å². The van der Waals surface area contributed by atoms with Crippen LogP contribution in [0.2, 0.25) is 15.1 Å². The van der Waals surface area contributed by atoms with E-state index in [-0.39, 0.29) is 20.8 Å². The van der Waals surface area contributed by atoms with Crippen molar-refractivity contribution < 1.29 is 13.2 Å².